The average Bonchev–Trinajstić information content (AvgIpc) is 3.36. The number of ether oxygens (including phenoxy) is 4. The van der Waals surface area contributed by atoms with Gasteiger partial charge in [0.15, 0.2) is 12.6 Å². The van der Waals surface area contributed by atoms with E-state index in [-0.39, 0.29) is 18.9 Å². The van der Waals surface area contributed by atoms with Crippen LogP contribution in [0.5, 0.6) is 0 Å². The van der Waals surface area contributed by atoms with Gasteiger partial charge in [-0.15, -0.1) is 0 Å². The van der Waals surface area contributed by atoms with E-state index < -0.39 is 86.8 Å². The highest BCUT2D eigenvalue weighted by molar-refractivity contribution is 5.76. The Kier molecular flexibility index (Phi) is 39.1. The summed E-state index contributed by atoms with van der Waals surface area (Å²) in [6.45, 7) is 2.70. The maximum Gasteiger partial charge on any atom is 0.220 e. The van der Waals surface area contributed by atoms with Crippen LogP contribution in [0.15, 0.2) is 36.5 Å². The smallest absolute Gasteiger partial charge is 0.220 e. The largest absolute Gasteiger partial charge is 0.394 e. The molecule has 2 aliphatic heterocycles. The van der Waals surface area contributed by atoms with Crippen LogP contribution >= 0.6 is 0 Å². The summed E-state index contributed by atoms with van der Waals surface area (Å²) in [4.78, 5) is 13.1. The van der Waals surface area contributed by atoms with Gasteiger partial charge in [0.1, 0.15) is 48.8 Å². The van der Waals surface area contributed by atoms with E-state index in [9.17, 15) is 45.6 Å². The summed E-state index contributed by atoms with van der Waals surface area (Å²) in [5.41, 5.74) is 0. The Bertz CT molecular complexity index is 1320. The summed E-state index contributed by atoms with van der Waals surface area (Å²) >= 11 is 0. The topological polar surface area (TPSA) is 228 Å². The Morgan fingerprint density at radius 1 is 0.500 bits per heavy atom. The van der Waals surface area contributed by atoms with Gasteiger partial charge in [0.2, 0.25) is 5.91 Å². The molecule has 70 heavy (non-hydrogen) atoms. The normalized spacial score (nSPS) is 26.2. The second kappa shape index (κ2) is 42.6. The minimum absolute atomic E-state index is 0.261. The Labute approximate surface area is 423 Å². The zero-order valence-electron chi connectivity index (χ0n) is 43.8. The third-order valence-electron chi connectivity index (χ3n) is 13.8. The van der Waals surface area contributed by atoms with E-state index in [1.165, 1.54) is 128 Å². The van der Waals surface area contributed by atoms with Gasteiger partial charge in [0.05, 0.1) is 32.0 Å². The molecule has 2 fully saturated rings. The first-order valence-corrected chi connectivity index (χ1v) is 28.2. The molecule has 12 atom stereocenters. The van der Waals surface area contributed by atoms with Crippen LogP contribution in [-0.2, 0) is 23.7 Å². The van der Waals surface area contributed by atoms with Gasteiger partial charge in [-0.05, 0) is 51.4 Å². The molecule has 2 aliphatic rings. The van der Waals surface area contributed by atoms with Crippen molar-refractivity contribution in [3.63, 3.8) is 0 Å². The second-order valence-corrected chi connectivity index (χ2v) is 20.1. The molecule has 2 saturated heterocycles. The molecule has 0 aromatic heterocycles. The highest BCUT2D eigenvalue weighted by Crippen LogP contribution is 2.30. The molecule has 12 unspecified atom stereocenters. The molecule has 2 rings (SSSR count). The zero-order chi connectivity index (χ0) is 51.0. The fourth-order valence-electron chi connectivity index (χ4n) is 9.19. The number of hydrogen-bond acceptors (Lipinski definition) is 13. The van der Waals surface area contributed by atoms with Crippen molar-refractivity contribution in [2.75, 3.05) is 19.8 Å². The van der Waals surface area contributed by atoms with Crippen molar-refractivity contribution in [1.29, 1.82) is 0 Å². The molecule has 0 aliphatic carbocycles. The van der Waals surface area contributed by atoms with Gasteiger partial charge in [-0.1, -0.05) is 198 Å². The molecule has 1 amide bonds. The quantitative estimate of drug-likeness (QED) is 0.0206. The summed E-state index contributed by atoms with van der Waals surface area (Å²) in [7, 11) is 0. The molecule has 9 N–H and O–H groups in total. The molecule has 410 valence electrons. The third-order valence-corrected chi connectivity index (χ3v) is 13.8. The van der Waals surface area contributed by atoms with Crippen molar-refractivity contribution in [3.05, 3.63) is 36.5 Å². The van der Waals surface area contributed by atoms with Gasteiger partial charge in [-0.25, -0.2) is 0 Å². The number of allylic oxidation sites excluding steroid dienone is 5. The lowest BCUT2D eigenvalue weighted by Crippen LogP contribution is -2.65. The number of amides is 1. The van der Waals surface area contributed by atoms with Crippen molar-refractivity contribution < 1.29 is 64.6 Å². The first kappa shape index (κ1) is 64.3. The van der Waals surface area contributed by atoms with E-state index >= 15 is 0 Å². The Balaban J connectivity index is 1.74. The maximum absolute atomic E-state index is 13.1. The molecule has 14 heteroatoms. The molecule has 0 spiro atoms. The first-order chi connectivity index (χ1) is 34.1. The maximum atomic E-state index is 13.1. The van der Waals surface area contributed by atoms with Crippen LogP contribution in [-0.4, -0.2) is 140 Å². The number of carbonyl (C=O) groups excluding carboxylic acids is 1. The minimum atomic E-state index is -1.79. The van der Waals surface area contributed by atoms with Crippen LogP contribution in [0.25, 0.3) is 0 Å². The number of carbonyl (C=O) groups is 1. The van der Waals surface area contributed by atoms with Gasteiger partial charge in [0.25, 0.3) is 0 Å². The molecule has 2 heterocycles. The monoisotopic (exact) mass is 998 g/mol. The van der Waals surface area contributed by atoms with Crippen molar-refractivity contribution >= 4 is 5.91 Å². The van der Waals surface area contributed by atoms with E-state index in [1.54, 1.807) is 6.08 Å². The Morgan fingerprint density at radius 2 is 0.943 bits per heavy atom. The summed E-state index contributed by atoms with van der Waals surface area (Å²) in [5.74, 6) is -0.261. The van der Waals surface area contributed by atoms with Crippen LogP contribution in [0.3, 0.4) is 0 Å². The SMILES string of the molecule is CCC/C=C\CCCCCCCC(=O)NC(COC1OC(CO)C(OC2OC(CO)C(O)C(O)C2O)C(O)C1O)C(O)/C=C/CC/C=C/CCCCCCCCCCCCCCCCCCCCCC. The Morgan fingerprint density at radius 3 is 1.46 bits per heavy atom. The zero-order valence-corrected chi connectivity index (χ0v) is 43.8. The second-order valence-electron chi connectivity index (χ2n) is 20.1. The summed E-state index contributed by atoms with van der Waals surface area (Å²) in [5, 5.41) is 86.8. The number of aliphatic hydroxyl groups excluding tert-OH is 8. The highest BCUT2D eigenvalue weighted by atomic mass is 16.7. The number of rotatable bonds is 44. The standard InChI is InChI=1S/C56H103NO13/c1-3-5-7-9-11-13-15-16-17-18-19-20-21-22-23-24-25-26-27-28-29-30-31-33-35-37-39-45(60)44(57-48(61)40-38-36-34-32-14-12-10-8-6-4-2)43-67-55-53(66)51(64)54(47(42-59)69-55)70-56-52(65)50(63)49(62)46(41-58)68-56/h8,10,30-31,37,39,44-47,49-56,58-60,62-66H,3-7,9,11-29,32-36,38,40-43H2,1-2H3,(H,57,61)/b10-8-,31-30+,39-37+. The van der Waals surface area contributed by atoms with Gasteiger partial charge in [0, 0.05) is 6.42 Å². The van der Waals surface area contributed by atoms with Crippen molar-refractivity contribution in [2.45, 2.75) is 293 Å². The minimum Gasteiger partial charge on any atom is -0.394 e. The van der Waals surface area contributed by atoms with Gasteiger partial charge in [-0.3, -0.25) is 4.79 Å². The molecule has 0 radical (unpaired) electrons. The van der Waals surface area contributed by atoms with Crippen LogP contribution < -0.4 is 5.32 Å². The van der Waals surface area contributed by atoms with E-state index in [1.807, 2.05) is 6.08 Å². The van der Waals surface area contributed by atoms with E-state index in [0.29, 0.717) is 12.8 Å². The first-order valence-electron chi connectivity index (χ1n) is 28.2. The van der Waals surface area contributed by atoms with Crippen LogP contribution in [0.4, 0.5) is 0 Å². The molecule has 14 nitrogen and oxygen atoms in total. The molecule has 0 aromatic rings. The van der Waals surface area contributed by atoms with Gasteiger partial charge >= 0.3 is 0 Å². The lowest BCUT2D eigenvalue weighted by molar-refractivity contribution is -0.359. The molecular weight excluding hydrogens is 895 g/mol. The third kappa shape index (κ3) is 28.6. The van der Waals surface area contributed by atoms with Crippen LogP contribution in [0.1, 0.15) is 219 Å². The van der Waals surface area contributed by atoms with E-state index in [0.717, 1.165) is 57.8 Å². The summed E-state index contributed by atoms with van der Waals surface area (Å²) in [6, 6.07) is -0.933. The molecular formula is C56H103NO13. The highest BCUT2D eigenvalue weighted by Gasteiger charge is 2.51. The van der Waals surface area contributed by atoms with Gasteiger partial charge in [-0.2, -0.15) is 0 Å². The molecule has 0 bridgehead atoms. The number of hydrogen-bond donors (Lipinski definition) is 9. The van der Waals surface area contributed by atoms with Gasteiger partial charge < -0.3 is 65.1 Å². The van der Waals surface area contributed by atoms with Crippen molar-refractivity contribution in [2.24, 2.45) is 0 Å². The summed E-state index contributed by atoms with van der Waals surface area (Å²) < 4.78 is 22.7. The number of aliphatic hydroxyl groups is 8. The fourth-order valence-corrected chi connectivity index (χ4v) is 9.19. The predicted molar refractivity (Wildman–Crippen MR) is 277 cm³/mol. The van der Waals surface area contributed by atoms with Crippen molar-refractivity contribution in [1.82, 2.24) is 5.32 Å². The number of nitrogens with one attached hydrogen (secondary N) is 1. The number of unbranched alkanes of at least 4 members (excludes halogenated alkanes) is 27. The Hall–Kier alpha value is -1.79. The lowest BCUT2D eigenvalue weighted by atomic mass is 9.97. The molecule has 0 aromatic carbocycles. The van der Waals surface area contributed by atoms with E-state index in [4.69, 9.17) is 18.9 Å². The van der Waals surface area contributed by atoms with Crippen molar-refractivity contribution in [3.8, 4) is 0 Å². The van der Waals surface area contributed by atoms with Crippen LogP contribution in [0.2, 0.25) is 0 Å². The summed E-state index contributed by atoms with van der Waals surface area (Å²) in [6.07, 6.45) is 33.6. The fraction of sp³-hybridized carbons (Fsp3) is 0.875. The average molecular weight is 998 g/mol. The molecule has 0 saturated carbocycles. The van der Waals surface area contributed by atoms with Crippen LogP contribution in [0, 0.1) is 0 Å². The van der Waals surface area contributed by atoms with E-state index in [2.05, 4.69) is 43.5 Å². The predicted octanol–water partition coefficient (Wildman–Crippen LogP) is 8.66. The lowest BCUT2D eigenvalue weighted by Gasteiger charge is -2.46.